The molecule has 1 aromatic rings. The van der Waals surface area contributed by atoms with Gasteiger partial charge in [-0.15, -0.1) is 0 Å². The van der Waals surface area contributed by atoms with Crippen LogP contribution in [-0.4, -0.2) is 57.4 Å². The summed E-state index contributed by atoms with van der Waals surface area (Å²) in [6, 6.07) is 7.51. The number of piperidine rings is 1. The van der Waals surface area contributed by atoms with E-state index in [1.54, 1.807) is 4.90 Å². The standard InChI is InChI=1S/C18H28N2O3S/c1-14(2)13-24(22,23)17-9-11-20(12-10-17)18(21)15-5-7-16(8-6-15)19(3)4/h5-8,14,17H,9-13H2,1-4H3. The van der Waals surface area contributed by atoms with Gasteiger partial charge in [0.05, 0.1) is 11.0 Å². The molecule has 0 radical (unpaired) electrons. The highest BCUT2D eigenvalue weighted by molar-refractivity contribution is 7.92. The van der Waals surface area contributed by atoms with Crippen LogP contribution in [-0.2, 0) is 9.84 Å². The lowest BCUT2D eigenvalue weighted by atomic mass is 10.1. The van der Waals surface area contributed by atoms with Crippen LogP contribution >= 0.6 is 0 Å². The third kappa shape index (κ3) is 4.50. The van der Waals surface area contributed by atoms with Gasteiger partial charge in [-0.3, -0.25) is 4.79 Å². The summed E-state index contributed by atoms with van der Waals surface area (Å²) < 4.78 is 24.7. The molecular formula is C18H28N2O3S. The van der Waals surface area contributed by atoms with Crippen molar-refractivity contribution in [1.29, 1.82) is 0 Å². The third-order valence-electron chi connectivity index (χ3n) is 4.43. The van der Waals surface area contributed by atoms with E-state index in [0.717, 1.165) is 5.69 Å². The normalized spacial score (nSPS) is 16.5. The van der Waals surface area contributed by atoms with E-state index in [-0.39, 0.29) is 22.8 Å². The molecule has 1 fully saturated rings. The zero-order valence-electron chi connectivity index (χ0n) is 15.0. The molecule has 0 saturated carbocycles. The average molecular weight is 353 g/mol. The van der Waals surface area contributed by atoms with Crippen molar-refractivity contribution in [1.82, 2.24) is 4.90 Å². The Morgan fingerprint density at radius 2 is 1.71 bits per heavy atom. The Labute approximate surface area is 145 Å². The highest BCUT2D eigenvalue weighted by Crippen LogP contribution is 2.22. The Morgan fingerprint density at radius 1 is 1.17 bits per heavy atom. The summed E-state index contributed by atoms with van der Waals surface area (Å²) in [6.07, 6.45) is 1.08. The number of hydrogen-bond acceptors (Lipinski definition) is 4. The summed E-state index contributed by atoms with van der Waals surface area (Å²) in [5, 5.41) is -0.305. The number of carbonyl (C=O) groups is 1. The van der Waals surface area contributed by atoms with E-state index >= 15 is 0 Å². The zero-order chi connectivity index (χ0) is 17.9. The van der Waals surface area contributed by atoms with Crippen LogP contribution in [0.4, 0.5) is 5.69 Å². The molecule has 1 amide bonds. The number of hydrogen-bond donors (Lipinski definition) is 0. The van der Waals surface area contributed by atoms with Gasteiger partial charge in [0.2, 0.25) is 0 Å². The number of carbonyl (C=O) groups excluding carboxylic acids is 1. The van der Waals surface area contributed by atoms with Crippen molar-refractivity contribution in [3.63, 3.8) is 0 Å². The number of amides is 1. The molecule has 0 bridgehead atoms. The van der Waals surface area contributed by atoms with E-state index in [0.29, 0.717) is 31.5 Å². The Balaban J connectivity index is 1.97. The largest absolute Gasteiger partial charge is 0.378 e. The van der Waals surface area contributed by atoms with Crippen molar-refractivity contribution in [3.05, 3.63) is 29.8 Å². The maximum atomic E-state index is 12.6. The van der Waals surface area contributed by atoms with Crippen molar-refractivity contribution >= 4 is 21.4 Å². The Morgan fingerprint density at radius 3 is 2.17 bits per heavy atom. The molecule has 0 unspecified atom stereocenters. The second kappa shape index (κ2) is 7.55. The fourth-order valence-corrected chi connectivity index (χ4v) is 5.23. The lowest BCUT2D eigenvalue weighted by Crippen LogP contribution is -2.43. The minimum atomic E-state index is -3.05. The summed E-state index contributed by atoms with van der Waals surface area (Å²) in [5.74, 6) is 0.363. The lowest BCUT2D eigenvalue weighted by molar-refractivity contribution is 0.0725. The topological polar surface area (TPSA) is 57.7 Å². The zero-order valence-corrected chi connectivity index (χ0v) is 15.8. The Kier molecular flexibility index (Phi) is 5.91. The van der Waals surface area contributed by atoms with Crippen LogP contribution < -0.4 is 4.90 Å². The van der Waals surface area contributed by atoms with Gasteiger partial charge in [-0.1, -0.05) is 13.8 Å². The number of anilines is 1. The summed E-state index contributed by atoms with van der Waals surface area (Å²) in [6.45, 7) is 4.87. The molecule has 2 rings (SSSR count). The summed E-state index contributed by atoms with van der Waals surface area (Å²) >= 11 is 0. The third-order valence-corrected chi connectivity index (χ3v) is 7.05. The smallest absolute Gasteiger partial charge is 0.253 e. The number of sulfone groups is 1. The van der Waals surface area contributed by atoms with Gasteiger partial charge in [0.25, 0.3) is 5.91 Å². The van der Waals surface area contributed by atoms with Crippen molar-refractivity contribution in [3.8, 4) is 0 Å². The van der Waals surface area contributed by atoms with Crippen molar-refractivity contribution in [2.75, 3.05) is 37.8 Å². The van der Waals surface area contributed by atoms with Crippen LogP contribution in [0.25, 0.3) is 0 Å². The molecular weight excluding hydrogens is 324 g/mol. The van der Waals surface area contributed by atoms with E-state index in [1.165, 1.54) is 0 Å². The quantitative estimate of drug-likeness (QED) is 0.817. The predicted octanol–water partition coefficient (Wildman–Crippen LogP) is 2.43. The van der Waals surface area contributed by atoms with Crippen LogP contribution in [0, 0.1) is 5.92 Å². The average Bonchev–Trinajstić information content (AvgIpc) is 2.53. The molecule has 1 saturated heterocycles. The minimum absolute atomic E-state index is 0.0139. The fraction of sp³-hybridized carbons (Fsp3) is 0.611. The fourth-order valence-electron chi connectivity index (χ4n) is 3.10. The summed E-state index contributed by atoms with van der Waals surface area (Å²) in [4.78, 5) is 16.3. The van der Waals surface area contributed by atoms with E-state index < -0.39 is 9.84 Å². The Bertz CT molecular complexity index is 658. The van der Waals surface area contributed by atoms with Crippen molar-refractivity contribution < 1.29 is 13.2 Å². The Hall–Kier alpha value is -1.56. The molecule has 1 heterocycles. The molecule has 1 aliphatic rings. The lowest BCUT2D eigenvalue weighted by Gasteiger charge is -2.32. The van der Waals surface area contributed by atoms with Gasteiger partial charge in [-0.2, -0.15) is 0 Å². The summed E-state index contributed by atoms with van der Waals surface area (Å²) in [5.41, 5.74) is 1.70. The van der Waals surface area contributed by atoms with Crippen LogP contribution in [0.1, 0.15) is 37.0 Å². The number of benzene rings is 1. The minimum Gasteiger partial charge on any atom is -0.378 e. The van der Waals surface area contributed by atoms with Gasteiger partial charge in [-0.05, 0) is 43.0 Å². The maximum absolute atomic E-state index is 12.6. The second-order valence-electron chi connectivity index (χ2n) is 7.16. The molecule has 6 heteroatoms. The predicted molar refractivity (Wildman–Crippen MR) is 98.3 cm³/mol. The molecule has 134 valence electrons. The molecule has 1 aromatic carbocycles. The van der Waals surface area contributed by atoms with E-state index in [4.69, 9.17) is 0 Å². The second-order valence-corrected chi connectivity index (χ2v) is 9.48. The molecule has 0 spiro atoms. The van der Waals surface area contributed by atoms with Gasteiger partial charge in [0.1, 0.15) is 0 Å². The van der Waals surface area contributed by atoms with E-state index in [1.807, 2.05) is 57.1 Å². The van der Waals surface area contributed by atoms with Crippen LogP contribution in [0.5, 0.6) is 0 Å². The van der Waals surface area contributed by atoms with Gasteiger partial charge in [0, 0.05) is 38.4 Å². The van der Waals surface area contributed by atoms with Gasteiger partial charge < -0.3 is 9.80 Å². The van der Waals surface area contributed by atoms with E-state index in [2.05, 4.69) is 0 Å². The maximum Gasteiger partial charge on any atom is 0.253 e. The van der Waals surface area contributed by atoms with E-state index in [9.17, 15) is 13.2 Å². The van der Waals surface area contributed by atoms with Gasteiger partial charge >= 0.3 is 0 Å². The number of likely N-dealkylation sites (tertiary alicyclic amines) is 1. The van der Waals surface area contributed by atoms with Gasteiger partial charge in [-0.25, -0.2) is 8.42 Å². The number of rotatable bonds is 5. The molecule has 0 atom stereocenters. The highest BCUT2D eigenvalue weighted by Gasteiger charge is 2.32. The first-order valence-electron chi connectivity index (χ1n) is 8.49. The molecule has 0 aromatic heterocycles. The SMILES string of the molecule is CC(C)CS(=O)(=O)C1CCN(C(=O)c2ccc(N(C)C)cc2)CC1. The molecule has 0 N–H and O–H groups in total. The van der Waals surface area contributed by atoms with Crippen LogP contribution in [0.3, 0.4) is 0 Å². The molecule has 1 aliphatic heterocycles. The monoisotopic (exact) mass is 352 g/mol. The first-order chi connectivity index (χ1) is 11.2. The number of nitrogens with zero attached hydrogens (tertiary/aromatic N) is 2. The highest BCUT2D eigenvalue weighted by atomic mass is 32.2. The van der Waals surface area contributed by atoms with Crippen LogP contribution in [0.15, 0.2) is 24.3 Å². The first-order valence-corrected chi connectivity index (χ1v) is 10.2. The first kappa shape index (κ1) is 18.8. The molecule has 5 nitrogen and oxygen atoms in total. The summed E-state index contributed by atoms with van der Waals surface area (Å²) in [7, 11) is 0.860. The van der Waals surface area contributed by atoms with Gasteiger partial charge in [0.15, 0.2) is 9.84 Å². The van der Waals surface area contributed by atoms with Crippen LogP contribution in [0.2, 0.25) is 0 Å². The van der Waals surface area contributed by atoms with Crippen molar-refractivity contribution in [2.45, 2.75) is 31.9 Å². The van der Waals surface area contributed by atoms with Crippen molar-refractivity contribution in [2.24, 2.45) is 5.92 Å². The molecule has 24 heavy (non-hydrogen) atoms. The molecule has 0 aliphatic carbocycles.